The zero-order valence-electron chi connectivity index (χ0n) is 13.3. The van der Waals surface area contributed by atoms with Gasteiger partial charge in [0.05, 0.1) is 5.69 Å². The third-order valence-electron chi connectivity index (χ3n) is 4.18. The molecular weight excluding hydrogens is 276 g/mol. The summed E-state index contributed by atoms with van der Waals surface area (Å²) in [5, 5.41) is 3.02. The second kappa shape index (κ2) is 5.83. The maximum Gasteiger partial charge on any atom is 0.227 e. The first kappa shape index (κ1) is 14.6. The van der Waals surface area contributed by atoms with Crippen LogP contribution in [0.5, 0.6) is 0 Å². The van der Waals surface area contributed by atoms with Crippen molar-refractivity contribution >= 4 is 17.3 Å². The average Bonchev–Trinajstić information content (AvgIpc) is 2.86. The van der Waals surface area contributed by atoms with Gasteiger partial charge in [-0.2, -0.15) is 0 Å². The highest BCUT2D eigenvalue weighted by Crippen LogP contribution is 2.25. The zero-order valence-corrected chi connectivity index (χ0v) is 13.3. The summed E-state index contributed by atoms with van der Waals surface area (Å²) < 4.78 is 0. The normalized spacial score (nSPS) is 17.0. The van der Waals surface area contributed by atoms with E-state index in [2.05, 4.69) is 15.3 Å². The molecule has 1 aliphatic rings. The van der Waals surface area contributed by atoms with Gasteiger partial charge in [0.1, 0.15) is 5.82 Å². The van der Waals surface area contributed by atoms with Crippen LogP contribution in [-0.2, 0) is 17.6 Å². The molecule has 0 saturated heterocycles. The Balaban J connectivity index is 1.65. The Hall–Kier alpha value is -2.30. The number of hydrogen-bond acceptors (Lipinski definition) is 3. The minimum atomic E-state index is 0.0147. The maximum atomic E-state index is 12.4. The standard InChI is InChI=1S/C17H22N4O/c1-11-18-15-9-4-12(10-16(15)19-11)17(22)20-13-5-7-14(8-6-13)21(2)3/h5-8,12H,4,9-10H2,1-3H3,(H,18,19)(H,20,22). The van der Waals surface area contributed by atoms with Crippen molar-refractivity contribution in [2.75, 3.05) is 24.3 Å². The number of benzene rings is 1. The van der Waals surface area contributed by atoms with Gasteiger partial charge in [-0.3, -0.25) is 4.79 Å². The summed E-state index contributed by atoms with van der Waals surface area (Å²) in [4.78, 5) is 22.2. The fourth-order valence-corrected chi connectivity index (χ4v) is 2.93. The lowest BCUT2D eigenvalue weighted by molar-refractivity contribution is -0.120. The van der Waals surface area contributed by atoms with Crippen LogP contribution in [-0.4, -0.2) is 30.0 Å². The minimum Gasteiger partial charge on any atom is -0.378 e. The molecule has 116 valence electrons. The van der Waals surface area contributed by atoms with E-state index in [1.165, 1.54) is 0 Å². The number of rotatable bonds is 3. The molecule has 0 fully saturated rings. The molecule has 3 rings (SSSR count). The molecule has 1 aliphatic carbocycles. The van der Waals surface area contributed by atoms with Crippen LogP contribution < -0.4 is 10.2 Å². The molecule has 1 amide bonds. The van der Waals surface area contributed by atoms with E-state index >= 15 is 0 Å². The topological polar surface area (TPSA) is 61.0 Å². The molecule has 1 unspecified atom stereocenters. The number of anilines is 2. The van der Waals surface area contributed by atoms with Crippen molar-refractivity contribution < 1.29 is 4.79 Å². The van der Waals surface area contributed by atoms with E-state index in [1.54, 1.807) is 0 Å². The van der Waals surface area contributed by atoms with Crippen molar-refractivity contribution in [2.24, 2.45) is 5.92 Å². The number of aromatic nitrogens is 2. The van der Waals surface area contributed by atoms with Gasteiger partial charge in [-0.05, 0) is 44.0 Å². The molecule has 22 heavy (non-hydrogen) atoms. The summed E-state index contributed by atoms with van der Waals surface area (Å²) in [5.41, 5.74) is 4.21. The Morgan fingerprint density at radius 2 is 2.05 bits per heavy atom. The maximum absolute atomic E-state index is 12.4. The number of nitrogens with zero attached hydrogens (tertiary/aromatic N) is 2. The molecule has 5 heteroatoms. The van der Waals surface area contributed by atoms with Crippen molar-refractivity contribution in [1.82, 2.24) is 9.97 Å². The second-order valence-corrected chi connectivity index (χ2v) is 6.12. The molecule has 1 atom stereocenters. The van der Waals surface area contributed by atoms with Crippen LogP contribution in [0.3, 0.4) is 0 Å². The molecular formula is C17H22N4O. The van der Waals surface area contributed by atoms with Gasteiger partial charge < -0.3 is 15.2 Å². The van der Waals surface area contributed by atoms with Crippen LogP contribution in [0, 0.1) is 12.8 Å². The third-order valence-corrected chi connectivity index (χ3v) is 4.18. The first-order valence-corrected chi connectivity index (χ1v) is 7.65. The van der Waals surface area contributed by atoms with E-state index in [1.807, 2.05) is 50.2 Å². The second-order valence-electron chi connectivity index (χ2n) is 6.12. The summed E-state index contributed by atoms with van der Waals surface area (Å²) in [6.45, 7) is 1.96. The molecule has 1 aromatic heterocycles. The molecule has 0 spiro atoms. The smallest absolute Gasteiger partial charge is 0.227 e. The van der Waals surface area contributed by atoms with Gasteiger partial charge in [-0.1, -0.05) is 0 Å². The fourth-order valence-electron chi connectivity index (χ4n) is 2.93. The number of hydrogen-bond donors (Lipinski definition) is 2. The molecule has 0 radical (unpaired) electrons. The third kappa shape index (κ3) is 2.98. The highest BCUT2D eigenvalue weighted by atomic mass is 16.1. The Morgan fingerprint density at radius 1 is 1.32 bits per heavy atom. The molecule has 1 heterocycles. The molecule has 0 bridgehead atoms. The van der Waals surface area contributed by atoms with Gasteiger partial charge in [0, 0.05) is 43.5 Å². The van der Waals surface area contributed by atoms with E-state index in [4.69, 9.17) is 0 Å². The van der Waals surface area contributed by atoms with Crippen molar-refractivity contribution in [1.29, 1.82) is 0 Å². The largest absolute Gasteiger partial charge is 0.378 e. The van der Waals surface area contributed by atoms with Crippen molar-refractivity contribution in [2.45, 2.75) is 26.2 Å². The molecule has 0 aliphatic heterocycles. The molecule has 2 aromatic rings. The lowest BCUT2D eigenvalue weighted by atomic mass is 9.89. The highest BCUT2D eigenvalue weighted by Gasteiger charge is 2.26. The van der Waals surface area contributed by atoms with E-state index in [0.717, 1.165) is 47.8 Å². The summed E-state index contributed by atoms with van der Waals surface area (Å²) >= 11 is 0. The predicted octanol–water partition coefficient (Wildman–Crippen LogP) is 2.53. The van der Waals surface area contributed by atoms with E-state index < -0.39 is 0 Å². The van der Waals surface area contributed by atoms with Gasteiger partial charge in [0.2, 0.25) is 5.91 Å². The van der Waals surface area contributed by atoms with Crippen LogP contribution in [0.15, 0.2) is 24.3 Å². The summed E-state index contributed by atoms with van der Waals surface area (Å²) in [6, 6.07) is 7.91. The van der Waals surface area contributed by atoms with Crippen LogP contribution >= 0.6 is 0 Å². The molecule has 2 N–H and O–H groups in total. The number of nitrogens with one attached hydrogen (secondary N) is 2. The number of aryl methyl sites for hydroxylation is 2. The van der Waals surface area contributed by atoms with Gasteiger partial charge in [-0.15, -0.1) is 0 Å². The average molecular weight is 298 g/mol. The number of amides is 1. The SMILES string of the molecule is Cc1nc2c([nH]1)CC(C(=O)Nc1ccc(N(C)C)cc1)CC2. The minimum absolute atomic E-state index is 0.0147. The number of fused-ring (bicyclic) bond motifs is 1. The Kier molecular flexibility index (Phi) is 3.88. The fraction of sp³-hybridized carbons (Fsp3) is 0.412. The summed E-state index contributed by atoms with van der Waals surface area (Å²) in [7, 11) is 4.00. The number of carbonyl (C=O) groups excluding carboxylic acids is 1. The number of imidazole rings is 1. The number of aromatic amines is 1. The predicted molar refractivity (Wildman–Crippen MR) is 88.2 cm³/mol. The molecule has 1 aromatic carbocycles. The lowest BCUT2D eigenvalue weighted by Gasteiger charge is -2.21. The van der Waals surface area contributed by atoms with Crippen molar-refractivity contribution in [3.63, 3.8) is 0 Å². The van der Waals surface area contributed by atoms with E-state index in [0.29, 0.717) is 0 Å². The Morgan fingerprint density at radius 3 is 2.73 bits per heavy atom. The number of H-pyrrole nitrogens is 1. The van der Waals surface area contributed by atoms with Crippen molar-refractivity contribution in [3.8, 4) is 0 Å². The highest BCUT2D eigenvalue weighted by molar-refractivity contribution is 5.93. The monoisotopic (exact) mass is 298 g/mol. The van der Waals surface area contributed by atoms with Gasteiger partial charge in [0.15, 0.2) is 0 Å². The van der Waals surface area contributed by atoms with Crippen LogP contribution in [0.25, 0.3) is 0 Å². The summed E-state index contributed by atoms with van der Waals surface area (Å²) in [5.74, 6) is 1.04. The zero-order chi connectivity index (χ0) is 15.7. The molecule has 0 saturated carbocycles. The molecule has 5 nitrogen and oxygen atoms in total. The van der Waals surface area contributed by atoms with Crippen molar-refractivity contribution in [3.05, 3.63) is 41.5 Å². The first-order valence-electron chi connectivity index (χ1n) is 7.65. The van der Waals surface area contributed by atoms with E-state index in [-0.39, 0.29) is 11.8 Å². The van der Waals surface area contributed by atoms with E-state index in [9.17, 15) is 4.79 Å². The lowest BCUT2D eigenvalue weighted by Crippen LogP contribution is -2.28. The number of carbonyl (C=O) groups is 1. The Bertz CT molecular complexity index is 672. The van der Waals surface area contributed by atoms with Crippen LogP contribution in [0.2, 0.25) is 0 Å². The van der Waals surface area contributed by atoms with Gasteiger partial charge in [-0.25, -0.2) is 4.98 Å². The van der Waals surface area contributed by atoms with Gasteiger partial charge in [0.25, 0.3) is 0 Å². The first-order chi connectivity index (χ1) is 10.5. The summed E-state index contributed by atoms with van der Waals surface area (Å²) in [6.07, 6.45) is 2.48. The van der Waals surface area contributed by atoms with Crippen LogP contribution in [0.1, 0.15) is 23.6 Å². The Labute approximate surface area is 130 Å². The van der Waals surface area contributed by atoms with Crippen LogP contribution in [0.4, 0.5) is 11.4 Å². The van der Waals surface area contributed by atoms with Gasteiger partial charge >= 0.3 is 0 Å². The quantitative estimate of drug-likeness (QED) is 0.915.